The normalized spacial score (nSPS) is 10.8. The third-order valence-electron chi connectivity index (χ3n) is 3.33. The number of benzene rings is 1. The van der Waals surface area contributed by atoms with Crippen molar-refractivity contribution in [2.75, 3.05) is 12.4 Å². The van der Waals surface area contributed by atoms with Gasteiger partial charge in [0.1, 0.15) is 17.4 Å². The Bertz CT molecular complexity index is 601. The van der Waals surface area contributed by atoms with Crippen LogP contribution in [0.15, 0.2) is 24.3 Å². The lowest BCUT2D eigenvalue weighted by Gasteiger charge is -2.15. The van der Waals surface area contributed by atoms with Gasteiger partial charge in [-0.05, 0) is 30.0 Å². The molecule has 0 aliphatic carbocycles. The molecule has 4 heteroatoms. The highest BCUT2D eigenvalue weighted by atomic mass is 16.5. The highest BCUT2D eigenvalue weighted by Gasteiger charge is 2.11. The molecule has 21 heavy (non-hydrogen) atoms. The van der Waals surface area contributed by atoms with Gasteiger partial charge in [0, 0.05) is 19.5 Å². The molecular weight excluding hydrogens is 262 g/mol. The smallest absolute Gasteiger partial charge is 0.224 e. The van der Waals surface area contributed by atoms with Crippen molar-refractivity contribution in [3.8, 4) is 11.6 Å². The van der Waals surface area contributed by atoms with E-state index in [1.165, 1.54) is 11.1 Å². The Morgan fingerprint density at radius 3 is 2.57 bits per heavy atom. The SMILES string of the molecule is CCc1nc(NC)cc(Oc2cc(C)ccc2C(C)C)n1. The molecule has 0 unspecified atom stereocenters. The number of hydrogen-bond acceptors (Lipinski definition) is 4. The highest BCUT2D eigenvalue weighted by Crippen LogP contribution is 2.31. The summed E-state index contributed by atoms with van der Waals surface area (Å²) in [4.78, 5) is 8.84. The van der Waals surface area contributed by atoms with Gasteiger partial charge in [0.2, 0.25) is 5.88 Å². The first-order valence-corrected chi connectivity index (χ1v) is 7.37. The highest BCUT2D eigenvalue weighted by molar-refractivity contribution is 5.43. The van der Waals surface area contributed by atoms with E-state index in [9.17, 15) is 0 Å². The van der Waals surface area contributed by atoms with Crippen LogP contribution in [0.2, 0.25) is 0 Å². The fourth-order valence-electron chi connectivity index (χ4n) is 2.13. The monoisotopic (exact) mass is 285 g/mol. The van der Waals surface area contributed by atoms with E-state index < -0.39 is 0 Å². The van der Waals surface area contributed by atoms with Crippen LogP contribution in [0.1, 0.15) is 43.6 Å². The molecule has 1 N–H and O–H groups in total. The van der Waals surface area contributed by atoms with Crippen molar-refractivity contribution in [3.63, 3.8) is 0 Å². The first-order chi connectivity index (χ1) is 10.0. The Labute approximate surface area is 126 Å². The van der Waals surface area contributed by atoms with Crippen LogP contribution < -0.4 is 10.1 Å². The maximum Gasteiger partial charge on any atom is 0.224 e. The molecule has 0 spiro atoms. The maximum absolute atomic E-state index is 6.05. The third kappa shape index (κ3) is 3.72. The molecule has 0 saturated carbocycles. The topological polar surface area (TPSA) is 47.0 Å². The molecule has 1 aromatic heterocycles. The van der Waals surface area contributed by atoms with Crippen molar-refractivity contribution in [3.05, 3.63) is 41.2 Å². The maximum atomic E-state index is 6.05. The predicted octanol–water partition coefficient (Wildman–Crippen LogP) is 4.30. The van der Waals surface area contributed by atoms with Crippen LogP contribution in [0.3, 0.4) is 0 Å². The fourth-order valence-corrected chi connectivity index (χ4v) is 2.13. The average molecular weight is 285 g/mol. The second-order valence-electron chi connectivity index (χ2n) is 5.41. The molecule has 0 saturated heterocycles. The van der Waals surface area contributed by atoms with E-state index in [-0.39, 0.29) is 0 Å². The van der Waals surface area contributed by atoms with Gasteiger partial charge in [0.25, 0.3) is 0 Å². The number of nitrogens with zero attached hydrogens (tertiary/aromatic N) is 2. The Morgan fingerprint density at radius 2 is 1.95 bits per heavy atom. The van der Waals surface area contributed by atoms with Crippen molar-refractivity contribution in [2.24, 2.45) is 0 Å². The number of rotatable bonds is 5. The summed E-state index contributed by atoms with van der Waals surface area (Å²) in [7, 11) is 1.85. The van der Waals surface area contributed by atoms with Crippen LogP contribution in [-0.4, -0.2) is 17.0 Å². The van der Waals surface area contributed by atoms with E-state index in [1.54, 1.807) is 0 Å². The van der Waals surface area contributed by atoms with E-state index in [0.717, 1.165) is 23.8 Å². The number of aromatic nitrogens is 2. The van der Waals surface area contributed by atoms with E-state index in [4.69, 9.17) is 4.74 Å². The fraction of sp³-hybridized carbons (Fsp3) is 0.412. The molecule has 0 fully saturated rings. The van der Waals surface area contributed by atoms with Gasteiger partial charge in [-0.3, -0.25) is 0 Å². The summed E-state index contributed by atoms with van der Waals surface area (Å²) in [5, 5.41) is 3.05. The molecule has 0 bridgehead atoms. The standard InChI is InChI=1S/C17H23N3O/c1-6-15-19-16(18-5)10-17(20-15)21-14-9-12(4)7-8-13(14)11(2)3/h7-11H,6H2,1-5H3,(H,18,19,20). The largest absolute Gasteiger partial charge is 0.439 e. The summed E-state index contributed by atoms with van der Waals surface area (Å²) in [5.41, 5.74) is 2.36. The lowest BCUT2D eigenvalue weighted by atomic mass is 10.0. The van der Waals surface area contributed by atoms with Crippen molar-refractivity contribution >= 4 is 5.82 Å². The quantitative estimate of drug-likeness (QED) is 0.889. The van der Waals surface area contributed by atoms with Crippen LogP contribution >= 0.6 is 0 Å². The van der Waals surface area contributed by atoms with Gasteiger partial charge in [-0.1, -0.05) is 32.9 Å². The number of anilines is 1. The summed E-state index contributed by atoms with van der Waals surface area (Å²) < 4.78 is 6.05. The van der Waals surface area contributed by atoms with Crippen molar-refractivity contribution in [2.45, 2.75) is 40.0 Å². The Kier molecular flexibility index (Phi) is 4.78. The third-order valence-corrected chi connectivity index (χ3v) is 3.33. The van der Waals surface area contributed by atoms with Gasteiger partial charge < -0.3 is 10.1 Å². The lowest BCUT2D eigenvalue weighted by Crippen LogP contribution is -2.02. The average Bonchev–Trinajstić information content (AvgIpc) is 2.46. The van der Waals surface area contributed by atoms with Gasteiger partial charge in [-0.25, -0.2) is 4.98 Å². The van der Waals surface area contributed by atoms with E-state index in [1.807, 2.05) is 20.0 Å². The van der Waals surface area contributed by atoms with E-state index >= 15 is 0 Å². The second-order valence-corrected chi connectivity index (χ2v) is 5.41. The summed E-state index contributed by atoms with van der Waals surface area (Å²) in [5.74, 6) is 3.40. The summed E-state index contributed by atoms with van der Waals surface area (Å²) in [6.45, 7) is 8.42. The number of ether oxygens (including phenoxy) is 1. The number of nitrogens with one attached hydrogen (secondary N) is 1. The molecular formula is C17H23N3O. The zero-order valence-corrected chi connectivity index (χ0v) is 13.4. The van der Waals surface area contributed by atoms with Crippen LogP contribution in [0, 0.1) is 6.92 Å². The molecule has 1 heterocycles. The molecule has 0 atom stereocenters. The summed E-state index contributed by atoms with van der Waals surface area (Å²) >= 11 is 0. The molecule has 0 amide bonds. The summed E-state index contributed by atoms with van der Waals surface area (Å²) in [6, 6.07) is 8.11. The van der Waals surface area contributed by atoms with Gasteiger partial charge in [0.15, 0.2) is 0 Å². The lowest BCUT2D eigenvalue weighted by molar-refractivity contribution is 0.450. The number of aryl methyl sites for hydroxylation is 2. The van der Waals surface area contributed by atoms with Crippen molar-refractivity contribution < 1.29 is 4.74 Å². The predicted molar refractivity (Wildman–Crippen MR) is 86.3 cm³/mol. The molecule has 2 rings (SSSR count). The van der Waals surface area contributed by atoms with Crippen molar-refractivity contribution in [1.29, 1.82) is 0 Å². The van der Waals surface area contributed by atoms with Gasteiger partial charge in [-0.15, -0.1) is 0 Å². The molecule has 1 aromatic carbocycles. The van der Waals surface area contributed by atoms with Crippen LogP contribution in [-0.2, 0) is 6.42 Å². The molecule has 0 aliphatic rings. The molecule has 112 valence electrons. The number of hydrogen-bond donors (Lipinski definition) is 1. The molecule has 0 radical (unpaired) electrons. The molecule has 2 aromatic rings. The zero-order valence-electron chi connectivity index (χ0n) is 13.4. The first-order valence-electron chi connectivity index (χ1n) is 7.37. The zero-order chi connectivity index (χ0) is 15.4. The van der Waals surface area contributed by atoms with Crippen LogP contribution in [0.5, 0.6) is 11.6 Å². The van der Waals surface area contributed by atoms with E-state index in [2.05, 4.69) is 54.3 Å². The van der Waals surface area contributed by atoms with Gasteiger partial charge >= 0.3 is 0 Å². The minimum absolute atomic E-state index is 0.400. The molecule has 0 aliphatic heterocycles. The Hall–Kier alpha value is -2.10. The van der Waals surface area contributed by atoms with Crippen LogP contribution in [0.25, 0.3) is 0 Å². The Balaban J connectivity index is 2.39. The van der Waals surface area contributed by atoms with E-state index in [0.29, 0.717) is 11.8 Å². The minimum Gasteiger partial charge on any atom is -0.439 e. The Morgan fingerprint density at radius 1 is 1.19 bits per heavy atom. The van der Waals surface area contributed by atoms with Gasteiger partial charge in [0.05, 0.1) is 0 Å². The summed E-state index contributed by atoms with van der Waals surface area (Å²) in [6.07, 6.45) is 0.775. The molecule has 4 nitrogen and oxygen atoms in total. The van der Waals surface area contributed by atoms with Gasteiger partial charge in [-0.2, -0.15) is 4.98 Å². The van der Waals surface area contributed by atoms with Crippen molar-refractivity contribution in [1.82, 2.24) is 9.97 Å². The first kappa shape index (κ1) is 15.3. The van der Waals surface area contributed by atoms with Crippen LogP contribution in [0.4, 0.5) is 5.82 Å². The second kappa shape index (κ2) is 6.57. The minimum atomic E-state index is 0.400.